The number of amides is 3. The minimum Gasteiger partial charge on any atom is -0.370 e. The van der Waals surface area contributed by atoms with Crippen LogP contribution in [0, 0.1) is 5.82 Å². The number of nitrogens with one attached hydrogen (secondary N) is 2. The van der Waals surface area contributed by atoms with E-state index in [-0.39, 0.29) is 54.8 Å². The zero-order valence-corrected chi connectivity index (χ0v) is 21.0. The van der Waals surface area contributed by atoms with E-state index in [4.69, 9.17) is 16.3 Å². The molecule has 8 nitrogen and oxygen atoms in total. The normalized spacial score (nSPS) is 17.3. The number of morpholine rings is 1. The second-order valence-corrected chi connectivity index (χ2v) is 10.2. The molecule has 188 valence electrons. The summed E-state index contributed by atoms with van der Waals surface area (Å²) in [5.41, 5.74) is 0.433. The van der Waals surface area contributed by atoms with Crippen LogP contribution in [0.5, 0.6) is 0 Å². The molecule has 4 rings (SSSR count). The summed E-state index contributed by atoms with van der Waals surface area (Å²) in [5, 5.41) is 5.64. The zero-order chi connectivity index (χ0) is 24.9. The number of halogens is 2. The maximum Gasteiger partial charge on any atom is 0.261 e. The van der Waals surface area contributed by atoms with Gasteiger partial charge in [0.05, 0.1) is 21.5 Å². The van der Waals surface area contributed by atoms with Crippen molar-refractivity contribution < 1.29 is 23.5 Å². The van der Waals surface area contributed by atoms with Gasteiger partial charge in [0.25, 0.3) is 11.8 Å². The molecule has 35 heavy (non-hydrogen) atoms. The molecule has 1 aliphatic carbocycles. The van der Waals surface area contributed by atoms with Gasteiger partial charge >= 0.3 is 0 Å². The van der Waals surface area contributed by atoms with E-state index < -0.39 is 11.9 Å². The van der Waals surface area contributed by atoms with Gasteiger partial charge in [-0.25, -0.2) is 4.39 Å². The van der Waals surface area contributed by atoms with Gasteiger partial charge in [-0.05, 0) is 49.7 Å². The second kappa shape index (κ2) is 11.5. The fourth-order valence-electron chi connectivity index (χ4n) is 4.33. The highest BCUT2D eigenvalue weighted by Crippen LogP contribution is 2.28. The van der Waals surface area contributed by atoms with Crippen molar-refractivity contribution in [2.45, 2.75) is 38.3 Å². The summed E-state index contributed by atoms with van der Waals surface area (Å²) in [6.07, 6.45) is 3.08. The predicted octanol–water partition coefficient (Wildman–Crippen LogP) is 3.52. The van der Waals surface area contributed by atoms with Crippen LogP contribution in [0.15, 0.2) is 30.3 Å². The van der Waals surface area contributed by atoms with Gasteiger partial charge in [-0.3, -0.25) is 19.3 Å². The second-order valence-electron chi connectivity index (χ2n) is 8.50. The van der Waals surface area contributed by atoms with E-state index in [0.717, 1.165) is 19.3 Å². The molecule has 0 spiro atoms. The number of thiophene rings is 1. The van der Waals surface area contributed by atoms with Crippen molar-refractivity contribution in [2.75, 3.05) is 43.1 Å². The van der Waals surface area contributed by atoms with Crippen molar-refractivity contribution >= 4 is 52.0 Å². The molecule has 1 aromatic carbocycles. The number of carbonyl (C=O) groups excluding carboxylic acids is 3. The van der Waals surface area contributed by atoms with Crippen LogP contribution in [0.3, 0.4) is 0 Å². The number of nitrogens with zero attached hydrogens (tertiary/aromatic N) is 2. The van der Waals surface area contributed by atoms with Gasteiger partial charge in [-0.2, -0.15) is 0 Å². The predicted molar refractivity (Wildman–Crippen MR) is 134 cm³/mol. The van der Waals surface area contributed by atoms with Crippen LogP contribution in [-0.2, 0) is 14.3 Å². The summed E-state index contributed by atoms with van der Waals surface area (Å²) in [5.74, 6) is -1.55. The van der Waals surface area contributed by atoms with Crippen molar-refractivity contribution in [3.05, 3.63) is 45.4 Å². The van der Waals surface area contributed by atoms with Crippen LogP contribution in [0.4, 0.5) is 15.8 Å². The van der Waals surface area contributed by atoms with Gasteiger partial charge in [-0.1, -0.05) is 24.9 Å². The SMILES string of the molecule is CCN(C1CCC1)[C@@H](CNC(=O)c1ccc(Cl)s1)C(=O)Nc1ccc(N2CCOCC2=O)c(F)c1. The molecule has 1 aliphatic heterocycles. The lowest BCUT2D eigenvalue weighted by molar-refractivity contribution is -0.126. The lowest BCUT2D eigenvalue weighted by Crippen LogP contribution is -2.56. The lowest BCUT2D eigenvalue weighted by atomic mass is 9.90. The number of carbonyl (C=O) groups is 3. The van der Waals surface area contributed by atoms with Gasteiger partial charge < -0.3 is 20.3 Å². The summed E-state index contributed by atoms with van der Waals surface area (Å²) in [7, 11) is 0. The van der Waals surface area contributed by atoms with Crippen molar-refractivity contribution in [3.8, 4) is 0 Å². The number of hydrogen-bond donors (Lipinski definition) is 2. The molecule has 1 atom stereocenters. The van der Waals surface area contributed by atoms with E-state index in [9.17, 15) is 18.8 Å². The third-order valence-corrected chi connectivity index (χ3v) is 7.59. The number of likely N-dealkylation sites (N-methyl/N-ethyl adjacent to an activating group) is 1. The van der Waals surface area contributed by atoms with Gasteiger partial charge in [0.15, 0.2) is 0 Å². The van der Waals surface area contributed by atoms with E-state index in [1.165, 1.54) is 28.4 Å². The Bertz CT molecular complexity index is 1090. The Balaban J connectivity index is 1.47. The van der Waals surface area contributed by atoms with Gasteiger partial charge in [0, 0.05) is 24.8 Å². The van der Waals surface area contributed by atoms with Crippen molar-refractivity contribution in [2.24, 2.45) is 0 Å². The fourth-order valence-corrected chi connectivity index (χ4v) is 5.29. The van der Waals surface area contributed by atoms with Crippen LogP contribution < -0.4 is 15.5 Å². The van der Waals surface area contributed by atoms with E-state index >= 15 is 0 Å². The monoisotopic (exact) mass is 522 g/mol. The van der Waals surface area contributed by atoms with Gasteiger partial charge in [0.2, 0.25) is 5.91 Å². The van der Waals surface area contributed by atoms with Gasteiger partial charge in [-0.15, -0.1) is 11.3 Å². The molecule has 2 heterocycles. The average Bonchev–Trinajstić information content (AvgIpc) is 3.24. The summed E-state index contributed by atoms with van der Waals surface area (Å²) in [6.45, 7) is 3.24. The standard InChI is InChI=1S/C24H28ClFN4O4S/c1-2-29(16-4-3-5-16)19(13-27-24(33)20-8-9-21(25)35-20)23(32)28-15-6-7-18(17(26)12-15)30-10-11-34-14-22(30)31/h6-9,12,16,19H,2-5,10-11,13-14H2,1H3,(H,27,33)(H,28,32)/t19-/m0/s1. The van der Waals surface area contributed by atoms with Crippen molar-refractivity contribution in [3.63, 3.8) is 0 Å². The molecule has 2 N–H and O–H groups in total. The Morgan fingerprint density at radius 2 is 2.11 bits per heavy atom. The topological polar surface area (TPSA) is 91.0 Å². The van der Waals surface area contributed by atoms with Crippen molar-refractivity contribution in [1.82, 2.24) is 10.2 Å². The molecular formula is C24H28ClFN4O4S. The Kier molecular flexibility index (Phi) is 8.38. The van der Waals surface area contributed by atoms with E-state index in [1.54, 1.807) is 18.2 Å². The van der Waals surface area contributed by atoms with Crippen LogP contribution in [-0.4, -0.2) is 67.6 Å². The highest BCUT2D eigenvalue weighted by molar-refractivity contribution is 7.18. The van der Waals surface area contributed by atoms with Crippen LogP contribution in [0.2, 0.25) is 4.34 Å². The summed E-state index contributed by atoms with van der Waals surface area (Å²) >= 11 is 7.11. The van der Waals surface area contributed by atoms with Gasteiger partial charge in [0.1, 0.15) is 18.5 Å². The number of anilines is 2. The maximum absolute atomic E-state index is 14.9. The Morgan fingerprint density at radius 1 is 1.31 bits per heavy atom. The molecular weight excluding hydrogens is 495 g/mol. The Hall–Kier alpha value is -2.53. The molecule has 1 saturated heterocycles. The lowest BCUT2D eigenvalue weighted by Gasteiger charge is -2.41. The number of rotatable bonds is 9. The first-order chi connectivity index (χ1) is 16.9. The minimum absolute atomic E-state index is 0.0863. The molecule has 2 fully saturated rings. The quantitative estimate of drug-likeness (QED) is 0.526. The molecule has 2 aromatic rings. The summed E-state index contributed by atoms with van der Waals surface area (Å²) in [4.78, 5) is 41.8. The Labute approximate surface area is 212 Å². The first-order valence-electron chi connectivity index (χ1n) is 11.6. The smallest absolute Gasteiger partial charge is 0.261 e. The minimum atomic E-state index is -0.631. The molecule has 3 amide bonds. The highest BCUT2D eigenvalue weighted by Gasteiger charge is 2.34. The van der Waals surface area contributed by atoms with E-state index in [1.807, 2.05) is 6.92 Å². The highest BCUT2D eigenvalue weighted by atomic mass is 35.5. The van der Waals surface area contributed by atoms with E-state index in [2.05, 4.69) is 15.5 Å². The molecule has 1 aromatic heterocycles. The average molecular weight is 523 g/mol. The van der Waals surface area contributed by atoms with Crippen molar-refractivity contribution in [1.29, 1.82) is 0 Å². The third-order valence-electron chi connectivity index (χ3n) is 6.36. The molecule has 1 saturated carbocycles. The summed E-state index contributed by atoms with van der Waals surface area (Å²) < 4.78 is 20.5. The third kappa shape index (κ3) is 6.00. The molecule has 0 radical (unpaired) electrons. The first kappa shape index (κ1) is 25.6. The Morgan fingerprint density at radius 3 is 2.71 bits per heavy atom. The van der Waals surface area contributed by atoms with Crippen LogP contribution in [0.1, 0.15) is 35.9 Å². The van der Waals surface area contributed by atoms with Crippen LogP contribution >= 0.6 is 22.9 Å². The molecule has 2 aliphatic rings. The number of benzene rings is 1. The van der Waals surface area contributed by atoms with E-state index in [0.29, 0.717) is 22.4 Å². The molecule has 0 unspecified atom stereocenters. The maximum atomic E-state index is 14.9. The molecule has 11 heteroatoms. The van der Waals surface area contributed by atoms with Crippen LogP contribution in [0.25, 0.3) is 0 Å². The summed E-state index contributed by atoms with van der Waals surface area (Å²) in [6, 6.07) is 7.18. The largest absolute Gasteiger partial charge is 0.370 e. The fraction of sp³-hybridized carbons (Fsp3) is 0.458. The molecule has 0 bridgehead atoms. The number of ether oxygens (including phenoxy) is 1. The number of hydrogen-bond acceptors (Lipinski definition) is 6. The zero-order valence-electron chi connectivity index (χ0n) is 19.4. The first-order valence-corrected chi connectivity index (χ1v) is 12.8.